The fourth-order valence-electron chi connectivity index (χ4n) is 0. The maximum absolute atomic E-state index is 9.00. The molecule has 0 radical (unpaired) electrons. The molecule has 0 aliphatic rings. The second-order valence-corrected chi connectivity index (χ2v) is 0.808. The van der Waals surface area contributed by atoms with Gasteiger partial charge in [0, 0.05) is 6.92 Å². The van der Waals surface area contributed by atoms with Crippen LogP contribution in [0.25, 0.3) is 0 Å². The van der Waals surface area contributed by atoms with E-state index in [-0.39, 0.29) is 22.4 Å². The van der Waals surface area contributed by atoms with E-state index in [0.717, 1.165) is 6.92 Å². The summed E-state index contributed by atoms with van der Waals surface area (Å²) in [4.78, 5) is 9.00. The van der Waals surface area contributed by atoms with Crippen molar-refractivity contribution in [3.05, 3.63) is 19.6 Å². The quantitative estimate of drug-likeness (QED) is 0.537. The molecule has 0 aliphatic carbocycles. The normalized spacial score (nSPS) is 4.62. The summed E-state index contributed by atoms with van der Waals surface area (Å²) in [7, 11) is 0. The molecule has 0 fully saturated rings. The van der Waals surface area contributed by atoms with Crippen molar-refractivity contribution in [2.45, 2.75) is 6.92 Å². The molecule has 0 heterocycles. The molecule has 0 unspecified atom stereocenters. The number of hydrogen-bond donors (Lipinski definition) is 1. The Morgan fingerprint density at radius 3 is 1.88 bits per heavy atom. The third kappa shape index (κ3) is 4190. The van der Waals surface area contributed by atoms with Gasteiger partial charge < -0.3 is 5.11 Å². The molecule has 0 rings (SSSR count). The minimum atomic E-state index is -0.833. The SMILES string of the molecule is C=C[CH2-].CC(=O)O.[Au+]. The van der Waals surface area contributed by atoms with Crippen LogP contribution >= 0.6 is 0 Å². The smallest absolute Gasteiger partial charge is 0.481 e. The van der Waals surface area contributed by atoms with E-state index in [4.69, 9.17) is 9.90 Å². The van der Waals surface area contributed by atoms with Crippen molar-refractivity contribution in [3.8, 4) is 0 Å². The largest absolute Gasteiger partial charge is 1.00 e. The average molecular weight is 298 g/mol. The summed E-state index contributed by atoms with van der Waals surface area (Å²) in [5.74, 6) is -0.833. The number of aliphatic carboxylic acids is 1. The van der Waals surface area contributed by atoms with Gasteiger partial charge in [-0.25, -0.2) is 19.6 Å². The minimum absolute atomic E-state index is 0. The van der Waals surface area contributed by atoms with E-state index in [9.17, 15) is 0 Å². The summed E-state index contributed by atoms with van der Waals surface area (Å²) < 4.78 is 0. The fraction of sp³-hybridized carbons (Fsp3) is 0.200. The average Bonchev–Trinajstić information content (AvgIpc) is 1.33. The molecule has 2 nitrogen and oxygen atoms in total. The van der Waals surface area contributed by atoms with Gasteiger partial charge in [-0.15, -0.1) is 0 Å². The molecule has 0 spiro atoms. The molecule has 8 heavy (non-hydrogen) atoms. The van der Waals surface area contributed by atoms with Crippen LogP contribution in [0.15, 0.2) is 12.7 Å². The van der Waals surface area contributed by atoms with E-state index in [0.29, 0.717) is 0 Å². The van der Waals surface area contributed by atoms with Gasteiger partial charge in [-0.05, 0) is 0 Å². The van der Waals surface area contributed by atoms with Crippen molar-refractivity contribution in [2.24, 2.45) is 0 Å². The van der Waals surface area contributed by atoms with E-state index >= 15 is 0 Å². The van der Waals surface area contributed by atoms with Crippen molar-refractivity contribution in [1.29, 1.82) is 0 Å². The molecule has 0 aromatic carbocycles. The molecular weight excluding hydrogens is 289 g/mol. The summed E-state index contributed by atoms with van der Waals surface area (Å²) in [6.07, 6.45) is 1.50. The van der Waals surface area contributed by atoms with Gasteiger partial charge in [0.25, 0.3) is 5.97 Å². The first-order valence-corrected chi connectivity index (χ1v) is 1.74. The molecule has 0 saturated heterocycles. The van der Waals surface area contributed by atoms with Crippen molar-refractivity contribution < 1.29 is 32.3 Å². The predicted molar refractivity (Wildman–Crippen MR) is 28.9 cm³/mol. The first-order chi connectivity index (χ1) is 3.15. The second kappa shape index (κ2) is 15.8. The molecule has 0 aliphatic heterocycles. The molecule has 0 amide bonds. The van der Waals surface area contributed by atoms with Crippen LogP contribution in [-0.2, 0) is 27.2 Å². The van der Waals surface area contributed by atoms with Gasteiger partial charge in [0.2, 0.25) is 0 Å². The Morgan fingerprint density at radius 1 is 1.88 bits per heavy atom. The van der Waals surface area contributed by atoms with Crippen molar-refractivity contribution in [2.75, 3.05) is 0 Å². The molecular formula is C5H9AuO2. The number of carbonyl (C=O) groups is 1. The Kier molecular flexibility index (Phi) is 31.0. The molecule has 1 N–H and O–H groups in total. The Bertz CT molecular complexity index is 57.4. The van der Waals surface area contributed by atoms with Gasteiger partial charge in [-0.3, -0.25) is 4.79 Å². The van der Waals surface area contributed by atoms with E-state index < -0.39 is 5.97 Å². The number of carboxylic acid groups (broad SMARTS) is 1. The van der Waals surface area contributed by atoms with Gasteiger partial charge in [-0.2, -0.15) is 0 Å². The molecule has 3 heteroatoms. The number of hydrogen-bond acceptors (Lipinski definition) is 1. The maximum atomic E-state index is 9.00. The van der Waals surface area contributed by atoms with Gasteiger partial charge in [-0.1, -0.05) is 0 Å². The van der Waals surface area contributed by atoms with E-state index in [1.54, 1.807) is 0 Å². The van der Waals surface area contributed by atoms with E-state index in [1.165, 1.54) is 6.08 Å². The van der Waals surface area contributed by atoms with Crippen LogP contribution < -0.4 is 0 Å². The van der Waals surface area contributed by atoms with Crippen LogP contribution in [0.4, 0.5) is 0 Å². The van der Waals surface area contributed by atoms with E-state index in [2.05, 4.69) is 13.5 Å². The van der Waals surface area contributed by atoms with Gasteiger partial charge in [0.05, 0.1) is 0 Å². The fourth-order valence-corrected chi connectivity index (χ4v) is 0. The number of carboxylic acids is 1. The topological polar surface area (TPSA) is 37.3 Å². The maximum Gasteiger partial charge on any atom is 1.00 e. The van der Waals surface area contributed by atoms with Crippen LogP contribution in [0.5, 0.6) is 0 Å². The van der Waals surface area contributed by atoms with Crippen LogP contribution in [-0.4, -0.2) is 11.1 Å². The summed E-state index contributed by atoms with van der Waals surface area (Å²) in [6, 6.07) is 0. The molecule has 0 saturated carbocycles. The molecule has 0 aromatic heterocycles. The van der Waals surface area contributed by atoms with Crippen molar-refractivity contribution >= 4 is 5.97 Å². The summed E-state index contributed by atoms with van der Waals surface area (Å²) in [6.45, 7) is 7.58. The Morgan fingerprint density at radius 2 is 1.88 bits per heavy atom. The Hall–Kier alpha value is -0.180. The summed E-state index contributed by atoms with van der Waals surface area (Å²) in [5.41, 5.74) is 0. The van der Waals surface area contributed by atoms with Gasteiger partial charge in [0.1, 0.15) is 0 Å². The third-order valence-electron chi connectivity index (χ3n) is 0. The van der Waals surface area contributed by atoms with Crippen LogP contribution in [0.1, 0.15) is 6.92 Å². The van der Waals surface area contributed by atoms with Gasteiger partial charge >= 0.3 is 22.4 Å². The zero-order valence-corrected chi connectivity index (χ0v) is 6.82. The summed E-state index contributed by atoms with van der Waals surface area (Å²) in [5, 5.41) is 7.42. The molecule has 0 atom stereocenters. The first kappa shape index (κ1) is 15.7. The summed E-state index contributed by atoms with van der Waals surface area (Å²) >= 11 is 0. The number of rotatable bonds is 0. The minimum Gasteiger partial charge on any atom is -0.481 e. The molecule has 0 aromatic rings. The standard InChI is InChI=1S/C3H5.C2H4O2.Au/c1-3-2;1-2(3)4;/h3H,1-2H2;1H3,(H,3,4);/q-1;;+1. The van der Waals surface area contributed by atoms with Gasteiger partial charge in [0.15, 0.2) is 0 Å². The zero-order valence-electron chi connectivity index (χ0n) is 4.65. The predicted octanol–water partition coefficient (Wildman–Crippen LogP) is 1.09. The van der Waals surface area contributed by atoms with Crippen molar-refractivity contribution in [3.63, 3.8) is 0 Å². The van der Waals surface area contributed by atoms with Crippen LogP contribution in [0.3, 0.4) is 0 Å². The van der Waals surface area contributed by atoms with Crippen LogP contribution in [0.2, 0.25) is 0 Å². The Balaban J connectivity index is -0.0000000575. The molecule has 0 bridgehead atoms. The first-order valence-electron chi connectivity index (χ1n) is 1.74. The van der Waals surface area contributed by atoms with E-state index in [1.807, 2.05) is 0 Å². The third-order valence-corrected chi connectivity index (χ3v) is 0. The Labute approximate surface area is 65.1 Å². The van der Waals surface area contributed by atoms with Crippen molar-refractivity contribution in [1.82, 2.24) is 0 Å². The zero-order chi connectivity index (χ0) is 6.28. The van der Waals surface area contributed by atoms with Crippen LogP contribution in [0, 0.1) is 6.92 Å². The number of allylic oxidation sites excluding steroid dienone is 1. The monoisotopic (exact) mass is 298 g/mol. The second-order valence-electron chi connectivity index (χ2n) is 0.808. The molecule has 52 valence electrons.